The molecule has 1 heterocycles. The summed E-state index contributed by atoms with van der Waals surface area (Å²) in [5.41, 5.74) is -0.0155. The fourth-order valence-corrected chi connectivity index (χ4v) is 3.51. The lowest BCUT2D eigenvalue weighted by Gasteiger charge is -2.04. The number of nitrogens with one attached hydrogen (secondary N) is 1. The molecule has 21 heavy (non-hydrogen) atoms. The van der Waals surface area contributed by atoms with Crippen molar-refractivity contribution in [3.8, 4) is 0 Å². The Labute approximate surface area is 129 Å². The van der Waals surface area contributed by atoms with E-state index in [2.05, 4.69) is 11.3 Å². The molecule has 0 aromatic carbocycles. The van der Waals surface area contributed by atoms with E-state index in [1.165, 1.54) is 16.8 Å². The quantitative estimate of drug-likeness (QED) is 0.504. The molecule has 1 aromatic rings. The van der Waals surface area contributed by atoms with E-state index in [1.807, 2.05) is 6.92 Å². The molecule has 0 radical (unpaired) electrons. The van der Waals surface area contributed by atoms with Crippen molar-refractivity contribution in [2.24, 2.45) is 0 Å². The monoisotopic (exact) mass is 332 g/mol. The third-order valence-electron chi connectivity index (χ3n) is 2.64. The molecule has 2 N–H and O–H groups in total. The summed E-state index contributed by atoms with van der Waals surface area (Å²) in [5, 5.41) is 9.10. The van der Waals surface area contributed by atoms with Gasteiger partial charge in [0.1, 0.15) is 10.6 Å². The van der Waals surface area contributed by atoms with Gasteiger partial charge in [-0.05, 0) is 12.5 Å². The number of sulfonamides is 1. The first kappa shape index (κ1) is 17.8. The average Bonchev–Trinajstić information content (AvgIpc) is 2.84. The third-order valence-corrected chi connectivity index (χ3v) is 5.03. The Morgan fingerprint density at radius 3 is 2.86 bits per heavy atom. The highest BCUT2D eigenvalue weighted by Crippen LogP contribution is 2.15. The number of aromatic nitrogens is 1. The summed E-state index contributed by atoms with van der Waals surface area (Å²) in [6.45, 7) is 6.24. The second-order valence-corrected chi connectivity index (χ2v) is 7.24. The Balaban J connectivity index is 2.80. The zero-order chi connectivity index (χ0) is 15.9. The van der Waals surface area contributed by atoms with Crippen LogP contribution in [0.15, 0.2) is 29.8 Å². The van der Waals surface area contributed by atoms with Crippen LogP contribution in [0.3, 0.4) is 0 Å². The predicted octanol–water partition coefficient (Wildman–Crippen LogP) is 1.79. The number of nitrogens with zero attached hydrogens (tertiary/aromatic N) is 1. The van der Waals surface area contributed by atoms with E-state index in [-0.39, 0.29) is 10.6 Å². The number of hydrogen-bond acceptors (Lipinski definition) is 4. The maximum atomic E-state index is 12.1. The van der Waals surface area contributed by atoms with Crippen LogP contribution in [0, 0.1) is 0 Å². The minimum atomic E-state index is -3.67. The number of rotatable bonds is 10. The third kappa shape index (κ3) is 5.22. The van der Waals surface area contributed by atoms with E-state index >= 15 is 0 Å². The number of aromatic carboxylic acids is 1. The summed E-state index contributed by atoms with van der Waals surface area (Å²) >= 11 is 1.57. The van der Waals surface area contributed by atoms with Crippen LogP contribution in [0.25, 0.3) is 0 Å². The maximum Gasteiger partial charge on any atom is 0.352 e. The topological polar surface area (TPSA) is 88.4 Å². The van der Waals surface area contributed by atoms with Crippen molar-refractivity contribution < 1.29 is 18.3 Å². The summed E-state index contributed by atoms with van der Waals surface area (Å²) < 4.78 is 28.1. The van der Waals surface area contributed by atoms with Crippen LogP contribution in [0.1, 0.15) is 23.8 Å². The molecule has 0 saturated carbocycles. The molecule has 0 amide bonds. The van der Waals surface area contributed by atoms with E-state index in [0.717, 1.165) is 12.2 Å². The van der Waals surface area contributed by atoms with Crippen LogP contribution in [-0.2, 0) is 16.6 Å². The second-order valence-electron chi connectivity index (χ2n) is 4.32. The highest BCUT2D eigenvalue weighted by molar-refractivity contribution is 7.99. The largest absolute Gasteiger partial charge is 0.477 e. The molecule has 0 atom stereocenters. The smallest absolute Gasteiger partial charge is 0.352 e. The highest BCUT2D eigenvalue weighted by atomic mass is 32.2. The first-order chi connectivity index (χ1) is 9.92. The minimum Gasteiger partial charge on any atom is -0.477 e. The standard InChI is InChI=1S/C13H20N2O4S2/c1-3-6-15-10-11(9-12(15)13(16)17)21(18,19)14-5-8-20-7-4-2/h4,9-10,14H,2-3,5-8H2,1H3,(H,16,17). The number of hydrogen-bond donors (Lipinski definition) is 2. The summed E-state index contributed by atoms with van der Waals surface area (Å²) in [6, 6.07) is 1.19. The van der Waals surface area contributed by atoms with Gasteiger partial charge in [0.2, 0.25) is 10.0 Å². The van der Waals surface area contributed by atoms with Crippen molar-refractivity contribution in [3.05, 3.63) is 30.6 Å². The van der Waals surface area contributed by atoms with Crippen molar-refractivity contribution in [2.45, 2.75) is 24.8 Å². The molecule has 1 rings (SSSR count). The van der Waals surface area contributed by atoms with Crippen LogP contribution < -0.4 is 4.72 Å². The molecule has 0 bridgehead atoms. The highest BCUT2D eigenvalue weighted by Gasteiger charge is 2.20. The van der Waals surface area contributed by atoms with Gasteiger partial charge >= 0.3 is 5.97 Å². The summed E-state index contributed by atoms with van der Waals surface area (Å²) in [6.07, 6.45) is 3.84. The van der Waals surface area contributed by atoms with Gasteiger partial charge < -0.3 is 9.67 Å². The van der Waals surface area contributed by atoms with Crippen LogP contribution in [0.4, 0.5) is 0 Å². The normalized spacial score (nSPS) is 11.5. The number of thioether (sulfide) groups is 1. The predicted molar refractivity (Wildman–Crippen MR) is 84.4 cm³/mol. The van der Waals surface area contributed by atoms with Gasteiger partial charge in [0, 0.05) is 30.8 Å². The van der Waals surface area contributed by atoms with E-state index in [9.17, 15) is 13.2 Å². The van der Waals surface area contributed by atoms with Gasteiger partial charge in [-0.3, -0.25) is 0 Å². The summed E-state index contributed by atoms with van der Waals surface area (Å²) in [5.74, 6) is 0.260. The maximum absolute atomic E-state index is 12.1. The fourth-order valence-electron chi connectivity index (χ4n) is 1.73. The van der Waals surface area contributed by atoms with Crippen LogP contribution in [-0.4, -0.2) is 42.1 Å². The van der Waals surface area contributed by atoms with Crippen LogP contribution in [0.5, 0.6) is 0 Å². The zero-order valence-corrected chi connectivity index (χ0v) is 13.5. The van der Waals surface area contributed by atoms with Crippen molar-refractivity contribution >= 4 is 27.8 Å². The van der Waals surface area contributed by atoms with E-state index in [1.54, 1.807) is 17.8 Å². The molecule has 8 heteroatoms. The van der Waals surface area contributed by atoms with Gasteiger partial charge in [0.25, 0.3) is 0 Å². The van der Waals surface area contributed by atoms with E-state index < -0.39 is 16.0 Å². The molecule has 0 aliphatic carbocycles. The molecule has 0 saturated heterocycles. The Hall–Kier alpha value is -1.25. The van der Waals surface area contributed by atoms with E-state index in [0.29, 0.717) is 18.8 Å². The molecular formula is C13H20N2O4S2. The number of aryl methyl sites for hydroxylation is 1. The molecule has 0 fully saturated rings. The molecule has 0 aliphatic heterocycles. The summed E-state index contributed by atoms with van der Waals surface area (Å²) in [7, 11) is -3.67. The number of carbonyl (C=O) groups is 1. The van der Waals surface area contributed by atoms with Crippen molar-refractivity contribution in [1.82, 2.24) is 9.29 Å². The lowest BCUT2D eigenvalue weighted by molar-refractivity contribution is 0.0685. The Morgan fingerprint density at radius 2 is 2.29 bits per heavy atom. The van der Waals surface area contributed by atoms with Crippen LogP contribution in [0.2, 0.25) is 0 Å². The first-order valence-corrected chi connectivity index (χ1v) is 9.18. The average molecular weight is 332 g/mol. The molecule has 1 aromatic heterocycles. The second kappa shape index (κ2) is 8.26. The van der Waals surface area contributed by atoms with Crippen molar-refractivity contribution in [1.29, 1.82) is 0 Å². The molecule has 118 valence electrons. The lowest BCUT2D eigenvalue weighted by Crippen LogP contribution is -2.25. The van der Waals surface area contributed by atoms with Crippen molar-refractivity contribution in [2.75, 3.05) is 18.1 Å². The Kier molecular flexibility index (Phi) is 7.00. The molecule has 0 aliphatic rings. The fraction of sp³-hybridized carbons (Fsp3) is 0.462. The number of carboxylic acids is 1. The van der Waals surface area contributed by atoms with Gasteiger partial charge in [-0.1, -0.05) is 13.0 Å². The SMILES string of the molecule is C=CCSCCNS(=O)(=O)c1cc(C(=O)O)n(CCC)c1. The molecule has 0 unspecified atom stereocenters. The van der Waals surface area contributed by atoms with Gasteiger partial charge in [-0.15, -0.1) is 6.58 Å². The molecule has 6 nitrogen and oxygen atoms in total. The Morgan fingerprint density at radius 1 is 1.57 bits per heavy atom. The first-order valence-electron chi connectivity index (χ1n) is 6.54. The minimum absolute atomic E-state index is 0.0120. The van der Waals surface area contributed by atoms with Gasteiger partial charge in [-0.25, -0.2) is 17.9 Å². The summed E-state index contributed by atoms with van der Waals surface area (Å²) in [4.78, 5) is 11.1. The van der Waals surface area contributed by atoms with Crippen LogP contribution >= 0.6 is 11.8 Å². The Bertz CT molecular complexity index is 593. The molecular weight excluding hydrogens is 312 g/mol. The molecule has 0 spiro atoms. The van der Waals surface area contributed by atoms with Crippen molar-refractivity contribution in [3.63, 3.8) is 0 Å². The van der Waals surface area contributed by atoms with Gasteiger partial charge in [0.05, 0.1) is 0 Å². The van der Waals surface area contributed by atoms with Gasteiger partial charge in [0.15, 0.2) is 0 Å². The zero-order valence-electron chi connectivity index (χ0n) is 11.9. The lowest BCUT2D eigenvalue weighted by atomic mass is 10.4. The van der Waals surface area contributed by atoms with E-state index in [4.69, 9.17) is 5.11 Å². The van der Waals surface area contributed by atoms with Gasteiger partial charge in [-0.2, -0.15) is 11.8 Å². The number of carboxylic acid groups (broad SMARTS) is 1.